The van der Waals surface area contributed by atoms with Crippen molar-refractivity contribution in [2.45, 2.75) is 121 Å². The molecule has 0 saturated carbocycles. The van der Waals surface area contributed by atoms with Crippen LogP contribution in [0, 0.1) is 11.8 Å². The molecule has 27 heteroatoms. The van der Waals surface area contributed by atoms with Gasteiger partial charge in [0.2, 0.25) is 47.3 Å². The predicted molar refractivity (Wildman–Crippen MR) is 229 cm³/mol. The molecule has 19 N–H and O–H groups in total. The molecule has 364 valence electrons. The van der Waals surface area contributed by atoms with E-state index in [2.05, 4.69) is 52.2 Å². The number of aliphatic hydroxyl groups is 1. The summed E-state index contributed by atoms with van der Waals surface area (Å²) >= 11 is 0. The highest BCUT2D eigenvalue weighted by molar-refractivity contribution is 5.98. The number of carbonyl (C=O) groups excluding carboxylic acids is 8. The molecule has 0 fully saturated rings. The van der Waals surface area contributed by atoms with Gasteiger partial charge in [0.05, 0.1) is 31.9 Å². The normalized spacial score (nSPS) is 14.2. The zero-order valence-electron chi connectivity index (χ0n) is 36.8. The van der Waals surface area contributed by atoms with E-state index in [1.165, 1.54) is 12.5 Å². The Morgan fingerprint density at radius 2 is 1.23 bits per heavy atom. The Morgan fingerprint density at radius 3 is 1.77 bits per heavy atom. The Labute approximate surface area is 374 Å². The van der Waals surface area contributed by atoms with Gasteiger partial charge in [-0.05, 0) is 43.9 Å². The van der Waals surface area contributed by atoms with Crippen LogP contribution in [0.2, 0.25) is 0 Å². The number of aromatic amines is 1. The van der Waals surface area contributed by atoms with E-state index in [1.807, 2.05) is 0 Å². The molecule has 1 aromatic rings. The summed E-state index contributed by atoms with van der Waals surface area (Å²) in [6.45, 7) is 5.03. The van der Waals surface area contributed by atoms with Gasteiger partial charge in [-0.1, -0.05) is 27.7 Å². The molecule has 0 saturated heterocycles. The van der Waals surface area contributed by atoms with Crippen molar-refractivity contribution >= 4 is 65.2 Å². The highest BCUT2D eigenvalue weighted by Gasteiger charge is 2.34. The quantitative estimate of drug-likeness (QED) is 0.0187. The first-order chi connectivity index (χ1) is 30.4. The van der Waals surface area contributed by atoms with Gasteiger partial charge in [-0.3, -0.25) is 48.1 Å². The number of nitrogens with one attached hydrogen (secondary N) is 8. The molecule has 0 unspecified atom stereocenters. The van der Waals surface area contributed by atoms with Gasteiger partial charge in [-0.15, -0.1) is 0 Å². The number of nitrogens with zero attached hydrogens (tertiary/aromatic N) is 2. The number of carbonyl (C=O) groups is 10. The number of carboxylic acid groups (broad SMARTS) is 2. The SMILES string of the molecule is CC(C)C[C@H](NC(=O)[C@H](CO)NC(=O)CNC(=O)[C@H](CC(=O)O)NC(=O)[C@H](CC(C)C)NC(=O)[C@H](CCCN=C(N)N)NC(=O)[C@H](Cc1cnc[nH]1)NC(=O)[C@@H](N)CCC(N)=O)C(=O)O. The lowest BCUT2D eigenvalue weighted by atomic mass is 10.0. The Bertz CT molecular complexity index is 1820. The number of amides is 8. The summed E-state index contributed by atoms with van der Waals surface area (Å²) in [7, 11) is 0. The molecule has 0 aliphatic heterocycles. The zero-order chi connectivity index (χ0) is 49.4. The maximum Gasteiger partial charge on any atom is 0.326 e. The summed E-state index contributed by atoms with van der Waals surface area (Å²) in [5.74, 6) is -11.1. The zero-order valence-corrected chi connectivity index (χ0v) is 36.8. The predicted octanol–water partition coefficient (Wildman–Crippen LogP) is -5.73. The molecule has 0 bridgehead atoms. The molecule has 1 rings (SSSR count). The van der Waals surface area contributed by atoms with Crippen LogP contribution < -0.4 is 60.2 Å². The van der Waals surface area contributed by atoms with Gasteiger partial charge in [0.15, 0.2) is 5.96 Å². The molecule has 0 aromatic carbocycles. The average Bonchev–Trinajstić information content (AvgIpc) is 3.73. The second-order valence-electron chi connectivity index (χ2n) is 15.9. The fourth-order valence-electron chi connectivity index (χ4n) is 5.90. The smallest absolute Gasteiger partial charge is 0.326 e. The molecule has 0 spiro atoms. The number of hydrogen-bond donors (Lipinski definition) is 15. The van der Waals surface area contributed by atoms with Crippen molar-refractivity contribution in [3.05, 3.63) is 18.2 Å². The fourth-order valence-corrected chi connectivity index (χ4v) is 5.90. The van der Waals surface area contributed by atoms with Gasteiger partial charge in [0.25, 0.3) is 0 Å². The van der Waals surface area contributed by atoms with Gasteiger partial charge in [-0.2, -0.15) is 0 Å². The molecule has 0 aliphatic rings. The monoisotopic (exact) mass is 924 g/mol. The number of aliphatic hydroxyl groups excluding tert-OH is 1. The molecular formula is C38H64N14O13. The number of rotatable bonds is 31. The Morgan fingerprint density at radius 1 is 0.692 bits per heavy atom. The van der Waals surface area contributed by atoms with Crippen molar-refractivity contribution in [3.8, 4) is 0 Å². The lowest BCUT2D eigenvalue weighted by molar-refractivity contribution is -0.143. The van der Waals surface area contributed by atoms with Crippen LogP contribution in [0.5, 0.6) is 0 Å². The van der Waals surface area contributed by atoms with E-state index in [1.54, 1.807) is 27.7 Å². The van der Waals surface area contributed by atoms with Crippen LogP contribution in [0.1, 0.15) is 78.3 Å². The minimum atomic E-state index is -1.82. The third kappa shape index (κ3) is 22.9. The number of nitrogens with two attached hydrogens (primary N) is 4. The van der Waals surface area contributed by atoms with Crippen LogP contribution in [-0.4, -0.2) is 152 Å². The molecule has 7 atom stereocenters. The minimum Gasteiger partial charge on any atom is -0.481 e. The maximum absolute atomic E-state index is 13.9. The van der Waals surface area contributed by atoms with Crippen molar-refractivity contribution < 1.29 is 63.3 Å². The van der Waals surface area contributed by atoms with E-state index in [9.17, 15) is 63.3 Å². The number of aromatic nitrogens is 2. The summed E-state index contributed by atoms with van der Waals surface area (Å²) in [6.07, 6.45) is 1.23. The van der Waals surface area contributed by atoms with Gasteiger partial charge in [-0.25, -0.2) is 9.78 Å². The number of aliphatic carboxylic acids is 2. The number of carboxylic acids is 2. The first kappa shape index (κ1) is 56.1. The van der Waals surface area contributed by atoms with Crippen molar-refractivity contribution in [1.82, 2.24) is 47.2 Å². The molecular weight excluding hydrogens is 861 g/mol. The van der Waals surface area contributed by atoms with Crippen LogP contribution in [0.25, 0.3) is 0 Å². The molecule has 1 aromatic heterocycles. The first-order valence-corrected chi connectivity index (χ1v) is 20.6. The van der Waals surface area contributed by atoms with Gasteiger partial charge in [0.1, 0.15) is 36.3 Å². The lowest BCUT2D eigenvalue weighted by Gasteiger charge is -2.27. The molecule has 65 heavy (non-hydrogen) atoms. The largest absolute Gasteiger partial charge is 0.481 e. The number of H-pyrrole nitrogens is 1. The van der Waals surface area contributed by atoms with Crippen LogP contribution in [-0.2, 0) is 54.4 Å². The molecule has 1 heterocycles. The van der Waals surface area contributed by atoms with Crippen LogP contribution in [0.15, 0.2) is 17.5 Å². The van der Waals surface area contributed by atoms with Crippen molar-refractivity contribution in [1.29, 1.82) is 0 Å². The van der Waals surface area contributed by atoms with Crippen LogP contribution >= 0.6 is 0 Å². The minimum absolute atomic E-state index is 0.0161. The van der Waals surface area contributed by atoms with E-state index < -0.39 is 121 Å². The Balaban J connectivity index is 3.27. The summed E-state index contributed by atoms with van der Waals surface area (Å²) in [5.41, 5.74) is 22.4. The van der Waals surface area contributed by atoms with Crippen molar-refractivity contribution in [2.75, 3.05) is 19.7 Å². The number of aliphatic imine (C=N–C) groups is 1. The Kier molecular flexibility index (Phi) is 24.8. The number of imidazole rings is 1. The summed E-state index contributed by atoms with van der Waals surface area (Å²) in [6, 6.07) is -10.2. The van der Waals surface area contributed by atoms with Crippen molar-refractivity contribution in [2.24, 2.45) is 39.8 Å². The van der Waals surface area contributed by atoms with E-state index in [0.29, 0.717) is 5.69 Å². The maximum atomic E-state index is 13.9. The summed E-state index contributed by atoms with van der Waals surface area (Å²) in [4.78, 5) is 138. The topological polar surface area (TPSA) is 461 Å². The van der Waals surface area contributed by atoms with E-state index in [4.69, 9.17) is 22.9 Å². The van der Waals surface area contributed by atoms with E-state index >= 15 is 0 Å². The second-order valence-corrected chi connectivity index (χ2v) is 15.9. The summed E-state index contributed by atoms with van der Waals surface area (Å²) in [5, 5.41) is 45.0. The molecule has 8 amide bonds. The number of hydrogen-bond acceptors (Lipinski definition) is 14. The van der Waals surface area contributed by atoms with E-state index in [-0.39, 0.29) is 69.3 Å². The third-order valence-corrected chi connectivity index (χ3v) is 9.16. The fraction of sp³-hybridized carbons (Fsp3) is 0.632. The highest BCUT2D eigenvalue weighted by Crippen LogP contribution is 2.10. The van der Waals surface area contributed by atoms with Gasteiger partial charge < -0.3 is 80.5 Å². The van der Waals surface area contributed by atoms with E-state index in [0.717, 1.165) is 0 Å². The molecule has 0 aliphatic carbocycles. The molecule has 0 radical (unpaired) electrons. The van der Waals surface area contributed by atoms with Crippen LogP contribution in [0.4, 0.5) is 0 Å². The first-order valence-electron chi connectivity index (χ1n) is 20.6. The molecule has 27 nitrogen and oxygen atoms in total. The average molecular weight is 925 g/mol. The van der Waals surface area contributed by atoms with Gasteiger partial charge >= 0.3 is 11.9 Å². The third-order valence-electron chi connectivity index (χ3n) is 9.16. The highest BCUT2D eigenvalue weighted by atomic mass is 16.4. The van der Waals surface area contributed by atoms with Crippen LogP contribution in [0.3, 0.4) is 0 Å². The number of primary amides is 1. The lowest BCUT2D eigenvalue weighted by Crippen LogP contribution is -2.59. The standard InChI is InChI=1S/C38H64N14O13/c1-18(2)10-23(34(61)51-25(13-30(56)57)32(59)45-15-29(55)47-27(16-53)36(63)52-26(37(64)65)11-19(3)4)50-33(60)22(6-5-9-44-38(41)42)48-35(62)24(12-20-14-43-17-46-20)49-31(58)21(39)7-8-28(40)54/h14,17-19,21-27,53H,5-13,15-16,39H2,1-4H3,(H2,40,54)(H,43,46)(H,45,59)(H,47,55)(H,48,62)(H,49,58)(H,50,60)(H,51,61)(H,52,63)(H,56,57)(H,64,65)(H4,41,42,44)/t21-,22-,23-,24-,25-,26-,27-/m0/s1. The van der Waals surface area contributed by atoms with Gasteiger partial charge in [0, 0.05) is 31.3 Å². The van der Waals surface area contributed by atoms with Crippen molar-refractivity contribution in [3.63, 3.8) is 0 Å². The summed E-state index contributed by atoms with van der Waals surface area (Å²) < 4.78 is 0. The number of guanidine groups is 1. The second kappa shape index (κ2) is 28.7. The Hall–Kier alpha value is -6.90.